The Kier molecular flexibility index (Phi) is 4.12. The van der Waals surface area contributed by atoms with E-state index in [9.17, 15) is 4.79 Å². The summed E-state index contributed by atoms with van der Waals surface area (Å²) in [6.45, 7) is 1.93. The smallest absolute Gasteiger partial charge is 0.226 e. The fourth-order valence-corrected chi connectivity index (χ4v) is 3.90. The molecule has 0 saturated heterocycles. The molecule has 10 nitrogen and oxygen atoms in total. The summed E-state index contributed by atoms with van der Waals surface area (Å²) in [4.78, 5) is 12.6. The molecule has 10 heteroatoms. The van der Waals surface area contributed by atoms with Crippen molar-refractivity contribution in [3.63, 3.8) is 0 Å². The number of nitrogens with zero attached hydrogens (tertiary/aromatic N) is 6. The number of hydrogen-bond donors (Lipinski definition) is 1. The molecule has 1 aliphatic heterocycles. The molecule has 1 aromatic carbocycles. The molecule has 30 heavy (non-hydrogen) atoms. The van der Waals surface area contributed by atoms with Gasteiger partial charge in [0, 0.05) is 17.9 Å². The summed E-state index contributed by atoms with van der Waals surface area (Å²) in [6, 6.07) is 9.30. The van der Waals surface area contributed by atoms with Gasteiger partial charge in [-0.05, 0) is 36.8 Å². The van der Waals surface area contributed by atoms with Gasteiger partial charge in [0.15, 0.2) is 23.0 Å². The summed E-state index contributed by atoms with van der Waals surface area (Å²) in [6.07, 6.45) is 1.83. The third kappa shape index (κ3) is 2.76. The van der Waals surface area contributed by atoms with E-state index >= 15 is 0 Å². The first-order valence-corrected chi connectivity index (χ1v) is 9.37. The molecule has 0 radical (unpaired) electrons. The number of aryl methyl sites for hydroxylation is 1. The second-order valence-electron chi connectivity index (χ2n) is 7.00. The van der Waals surface area contributed by atoms with Crippen molar-refractivity contribution in [1.29, 1.82) is 0 Å². The van der Waals surface area contributed by atoms with Crippen LogP contribution in [0.15, 0.2) is 36.7 Å². The zero-order valence-electron chi connectivity index (χ0n) is 16.7. The lowest BCUT2D eigenvalue weighted by Crippen LogP contribution is -2.25. The van der Waals surface area contributed by atoms with Crippen molar-refractivity contribution < 1.29 is 14.3 Å². The molecule has 0 bridgehead atoms. The van der Waals surface area contributed by atoms with E-state index in [0.717, 1.165) is 16.8 Å². The highest BCUT2D eigenvalue weighted by atomic mass is 16.5. The Balaban J connectivity index is 1.64. The summed E-state index contributed by atoms with van der Waals surface area (Å²) < 4.78 is 14.0. The number of anilines is 1. The number of carbonyl (C=O) groups excluding carboxylic acids is 1. The van der Waals surface area contributed by atoms with Crippen LogP contribution in [0.25, 0.3) is 11.5 Å². The van der Waals surface area contributed by atoms with Crippen LogP contribution in [0.1, 0.15) is 29.2 Å². The second-order valence-corrected chi connectivity index (χ2v) is 7.00. The molecule has 1 N–H and O–H groups in total. The Bertz CT molecular complexity index is 1280. The predicted molar refractivity (Wildman–Crippen MR) is 107 cm³/mol. The normalized spacial score (nSPS) is 15.7. The van der Waals surface area contributed by atoms with E-state index < -0.39 is 0 Å². The number of aromatic nitrogens is 6. The minimum absolute atomic E-state index is 0.0891. The molecular formula is C20H19N7O3. The Morgan fingerprint density at radius 2 is 1.93 bits per heavy atom. The molecule has 0 spiro atoms. The molecule has 152 valence electrons. The first kappa shape index (κ1) is 18.1. The Morgan fingerprint density at radius 3 is 2.73 bits per heavy atom. The van der Waals surface area contributed by atoms with Gasteiger partial charge in [-0.15, -0.1) is 15.3 Å². The molecule has 0 aliphatic carbocycles. The first-order chi connectivity index (χ1) is 14.6. The van der Waals surface area contributed by atoms with Crippen molar-refractivity contribution in [2.24, 2.45) is 0 Å². The number of methoxy groups -OCH3 is 2. The summed E-state index contributed by atoms with van der Waals surface area (Å²) >= 11 is 0. The molecule has 1 aliphatic rings. The number of rotatable bonds is 4. The number of carbonyl (C=O) groups is 1. The van der Waals surface area contributed by atoms with Gasteiger partial charge in [-0.2, -0.15) is 14.3 Å². The van der Waals surface area contributed by atoms with Crippen LogP contribution in [0.5, 0.6) is 11.5 Å². The molecule has 3 aromatic heterocycles. The van der Waals surface area contributed by atoms with E-state index in [0.29, 0.717) is 35.2 Å². The maximum atomic E-state index is 12.6. The van der Waals surface area contributed by atoms with Gasteiger partial charge in [0.1, 0.15) is 12.1 Å². The van der Waals surface area contributed by atoms with E-state index in [1.807, 2.05) is 25.1 Å². The maximum absolute atomic E-state index is 12.6. The van der Waals surface area contributed by atoms with Gasteiger partial charge in [-0.25, -0.2) is 0 Å². The lowest BCUT2D eigenvalue weighted by Gasteiger charge is -2.25. The summed E-state index contributed by atoms with van der Waals surface area (Å²) in [5.74, 6) is 2.17. The van der Waals surface area contributed by atoms with Crippen LogP contribution in [0.2, 0.25) is 0 Å². The number of hydrogen-bond acceptors (Lipinski definition) is 7. The number of benzene rings is 1. The van der Waals surface area contributed by atoms with Crippen molar-refractivity contribution in [3.8, 4) is 17.3 Å². The van der Waals surface area contributed by atoms with Gasteiger partial charge >= 0.3 is 0 Å². The molecule has 0 fully saturated rings. The Hall–Kier alpha value is -3.95. The van der Waals surface area contributed by atoms with Crippen LogP contribution < -0.4 is 14.8 Å². The fourth-order valence-electron chi connectivity index (χ4n) is 3.90. The molecule has 4 aromatic rings. The lowest BCUT2D eigenvalue weighted by atomic mass is 9.85. The summed E-state index contributed by atoms with van der Waals surface area (Å²) in [5, 5.41) is 20.0. The van der Waals surface area contributed by atoms with Crippen LogP contribution in [-0.4, -0.2) is 49.7 Å². The molecule has 5 rings (SSSR count). The SMILES string of the molecule is COc1ccc([C@H]2CC(=O)Nc3c2c(C)nn3-c2ccc3nncn3n2)cc1OC. The van der Waals surface area contributed by atoms with Gasteiger partial charge in [0.25, 0.3) is 0 Å². The maximum Gasteiger partial charge on any atom is 0.226 e. The zero-order valence-corrected chi connectivity index (χ0v) is 16.7. The average molecular weight is 405 g/mol. The highest BCUT2D eigenvalue weighted by Crippen LogP contribution is 2.42. The second kappa shape index (κ2) is 6.83. The van der Waals surface area contributed by atoms with Crippen molar-refractivity contribution in [3.05, 3.63) is 53.5 Å². The minimum Gasteiger partial charge on any atom is -0.493 e. The highest BCUT2D eigenvalue weighted by molar-refractivity contribution is 5.95. The quantitative estimate of drug-likeness (QED) is 0.554. The Morgan fingerprint density at radius 1 is 1.10 bits per heavy atom. The van der Waals surface area contributed by atoms with E-state index in [2.05, 4.69) is 25.7 Å². The average Bonchev–Trinajstić information content (AvgIpc) is 3.36. The van der Waals surface area contributed by atoms with E-state index in [1.54, 1.807) is 35.5 Å². The van der Waals surface area contributed by atoms with Crippen molar-refractivity contribution >= 4 is 17.4 Å². The largest absolute Gasteiger partial charge is 0.493 e. The monoisotopic (exact) mass is 405 g/mol. The van der Waals surface area contributed by atoms with E-state index in [4.69, 9.17) is 9.47 Å². The first-order valence-electron chi connectivity index (χ1n) is 9.37. The third-order valence-corrected chi connectivity index (χ3v) is 5.28. The molecule has 1 amide bonds. The van der Waals surface area contributed by atoms with E-state index in [1.165, 1.54) is 6.33 Å². The van der Waals surface area contributed by atoms with Crippen LogP contribution in [0.4, 0.5) is 5.82 Å². The Labute approximate surface area is 171 Å². The van der Waals surface area contributed by atoms with Gasteiger partial charge < -0.3 is 14.8 Å². The third-order valence-electron chi connectivity index (χ3n) is 5.28. The van der Waals surface area contributed by atoms with Gasteiger partial charge in [-0.3, -0.25) is 4.79 Å². The molecule has 0 saturated carbocycles. The van der Waals surface area contributed by atoms with Gasteiger partial charge in [0.05, 0.1) is 19.9 Å². The standard InChI is InChI=1S/C20H19N7O3/c1-11-19-13(12-4-5-14(29-2)15(8-12)30-3)9-18(28)22-20(19)27(24-11)17-7-6-16-23-21-10-26(16)25-17/h4-8,10,13H,9H2,1-3H3,(H,22,28)/t13-/m1/s1. The number of fused-ring (bicyclic) bond motifs is 2. The van der Waals surface area contributed by atoms with Crippen LogP contribution >= 0.6 is 0 Å². The fraction of sp³-hybridized carbons (Fsp3) is 0.250. The lowest BCUT2D eigenvalue weighted by molar-refractivity contribution is -0.116. The number of nitrogens with one attached hydrogen (secondary N) is 1. The zero-order chi connectivity index (χ0) is 20.8. The van der Waals surface area contributed by atoms with Crippen LogP contribution in [-0.2, 0) is 4.79 Å². The molecule has 1 atom stereocenters. The van der Waals surface area contributed by atoms with Crippen molar-refractivity contribution in [2.45, 2.75) is 19.3 Å². The predicted octanol–water partition coefficient (Wildman–Crippen LogP) is 2.11. The van der Waals surface area contributed by atoms with Crippen molar-refractivity contribution in [1.82, 2.24) is 29.6 Å². The topological polar surface area (TPSA) is 108 Å². The minimum atomic E-state index is -0.166. The molecule has 4 heterocycles. The van der Waals surface area contributed by atoms with Crippen LogP contribution in [0, 0.1) is 6.92 Å². The summed E-state index contributed by atoms with van der Waals surface area (Å²) in [7, 11) is 3.19. The van der Waals surface area contributed by atoms with Crippen LogP contribution in [0.3, 0.4) is 0 Å². The summed E-state index contributed by atoms with van der Waals surface area (Å²) in [5.41, 5.74) is 3.35. The highest BCUT2D eigenvalue weighted by Gasteiger charge is 2.33. The molecule has 0 unspecified atom stereocenters. The van der Waals surface area contributed by atoms with E-state index in [-0.39, 0.29) is 11.8 Å². The van der Waals surface area contributed by atoms with Gasteiger partial charge in [0.2, 0.25) is 5.91 Å². The number of ether oxygens (including phenoxy) is 2. The van der Waals surface area contributed by atoms with Gasteiger partial charge in [-0.1, -0.05) is 6.07 Å². The van der Waals surface area contributed by atoms with Crippen molar-refractivity contribution in [2.75, 3.05) is 19.5 Å². The molecular weight excluding hydrogens is 386 g/mol. The number of amides is 1.